The van der Waals surface area contributed by atoms with Gasteiger partial charge in [-0.05, 0) is 39.0 Å². The standard InChI is InChI=1S/C26H38O9/c1-9-17(29)33-18-19-22(4,5)13-12-15(27)24(19,7)26(31)16(28)14-23(6,10-2)35-25(26,8)20(18)34-21(30)32-11-3/h9-10,15,18-20,27,31H,1-2,11-14H2,3-8H3/t15-,18-,19-,20-,23-,24-,25+,26-/m0/s1. The molecule has 0 aromatic rings. The quantitative estimate of drug-likeness (QED) is 0.337. The summed E-state index contributed by atoms with van der Waals surface area (Å²) < 4.78 is 22.9. The number of aliphatic hydroxyl groups is 2. The van der Waals surface area contributed by atoms with Gasteiger partial charge in [0.25, 0.3) is 0 Å². The molecule has 0 spiro atoms. The minimum absolute atomic E-state index is 0.0131. The number of esters is 1. The first kappa shape index (κ1) is 27.4. The van der Waals surface area contributed by atoms with E-state index in [1.165, 1.54) is 13.0 Å². The second-order valence-corrected chi connectivity index (χ2v) is 11.2. The van der Waals surface area contributed by atoms with Crippen LogP contribution in [0.5, 0.6) is 0 Å². The molecule has 9 nitrogen and oxygen atoms in total. The fourth-order valence-electron chi connectivity index (χ4n) is 7.00. The zero-order valence-electron chi connectivity index (χ0n) is 21.5. The minimum Gasteiger partial charge on any atom is -0.455 e. The molecule has 35 heavy (non-hydrogen) atoms. The molecule has 8 atom stereocenters. The maximum Gasteiger partial charge on any atom is 0.508 e. The SMILES string of the molecule is C=CC(=O)O[C@H]1[C@H]2C(C)(C)CC[C@H](O)[C@]2(C)[C@@]2(O)C(=O)C[C@](C)(C=C)O[C@]2(C)[C@H]1OC(=O)OCC. The number of ketones is 1. The van der Waals surface area contributed by atoms with Crippen LogP contribution in [0.25, 0.3) is 0 Å². The lowest BCUT2D eigenvalue weighted by Gasteiger charge is -2.71. The van der Waals surface area contributed by atoms with E-state index in [-0.39, 0.29) is 13.0 Å². The number of ether oxygens (including phenoxy) is 4. The minimum atomic E-state index is -2.31. The molecule has 0 amide bonds. The zero-order valence-corrected chi connectivity index (χ0v) is 21.5. The van der Waals surface area contributed by atoms with Gasteiger partial charge in [0.05, 0.1) is 18.3 Å². The Morgan fingerprint density at radius 3 is 2.34 bits per heavy atom. The second-order valence-electron chi connectivity index (χ2n) is 11.2. The van der Waals surface area contributed by atoms with Gasteiger partial charge in [0.15, 0.2) is 17.5 Å². The highest BCUT2D eigenvalue weighted by Crippen LogP contribution is 2.67. The third kappa shape index (κ3) is 3.74. The van der Waals surface area contributed by atoms with Crippen LogP contribution in [0.15, 0.2) is 25.3 Å². The van der Waals surface area contributed by atoms with Crippen LogP contribution in [-0.2, 0) is 28.5 Å². The van der Waals surface area contributed by atoms with Crippen molar-refractivity contribution in [2.24, 2.45) is 16.7 Å². The monoisotopic (exact) mass is 494 g/mol. The summed E-state index contributed by atoms with van der Waals surface area (Å²) in [6, 6.07) is 0. The van der Waals surface area contributed by atoms with Gasteiger partial charge in [-0.15, -0.1) is 6.58 Å². The summed E-state index contributed by atoms with van der Waals surface area (Å²) in [4.78, 5) is 39.1. The normalized spacial score (nSPS) is 44.3. The third-order valence-electron chi connectivity index (χ3n) is 8.61. The van der Waals surface area contributed by atoms with E-state index < -0.39 is 69.8 Å². The van der Waals surface area contributed by atoms with Crippen LogP contribution in [0.4, 0.5) is 4.79 Å². The van der Waals surface area contributed by atoms with Crippen molar-refractivity contribution in [1.29, 1.82) is 0 Å². The molecule has 1 heterocycles. The maximum atomic E-state index is 13.9. The summed E-state index contributed by atoms with van der Waals surface area (Å²) in [5.74, 6) is -2.17. The number of rotatable bonds is 5. The van der Waals surface area contributed by atoms with Crippen LogP contribution < -0.4 is 0 Å². The molecule has 2 N–H and O–H groups in total. The number of fused-ring (bicyclic) bond motifs is 3. The van der Waals surface area contributed by atoms with E-state index in [4.69, 9.17) is 18.9 Å². The molecule has 2 saturated carbocycles. The fraction of sp³-hybridized carbons (Fsp3) is 0.731. The highest BCUT2D eigenvalue weighted by Gasteiger charge is 2.82. The first-order chi connectivity index (χ1) is 16.1. The summed E-state index contributed by atoms with van der Waals surface area (Å²) in [7, 11) is 0. The van der Waals surface area contributed by atoms with E-state index in [1.54, 1.807) is 20.8 Å². The first-order valence-electron chi connectivity index (χ1n) is 12.0. The molecule has 0 aromatic carbocycles. The van der Waals surface area contributed by atoms with Gasteiger partial charge in [0.1, 0.15) is 11.7 Å². The van der Waals surface area contributed by atoms with Gasteiger partial charge in [-0.3, -0.25) is 4.79 Å². The average molecular weight is 495 g/mol. The molecule has 3 rings (SSSR count). The van der Waals surface area contributed by atoms with Crippen LogP contribution in [-0.4, -0.2) is 69.8 Å². The van der Waals surface area contributed by atoms with E-state index >= 15 is 0 Å². The molecule has 0 radical (unpaired) electrons. The fourth-order valence-corrected chi connectivity index (χ4v) is 7.00. The van der Waals surface area contributed by atoms with Crippen LogP contribution in [0.3, 0.4) is 0 Å². The Kier molecular flexibility index (Phi) is 6.81. The van der Waals surface area contributed by atoms with E-state index in [2.05, 4.69) is 13.2 Å². The molecule has 0 bridgehead atoms. The molecule has 0 aromatic heterocycles. The molecule has 3 aliphatic rings. The van der Waals surface area contributed by atoms with Crippen molar-refractivity contribution >= 4 is 17.9 Å². The predicted molar refractivity (Wildman–Crippen MR) is 125 cm³/mol. The molecular weight excluding hydrogens is 456 g/mol. The van der Waals surface area contributed by atoms with Crippen molar-refractivity contribution in [2.45, 2.75) is 95.9 Å². The third-order valence-corrected chi connectivity index (χ3v) is 8.61. The highest BCUT2D eigenvalue weighted by atomic mass is 16.7. The summed E-state index contributed by atoms with van der Waals surface area (Å²) in [5.41, 5.74) is -7.64. The molecule has 1 aliphatic heterocycles. The summed E-state index contributed by atoms with van der Waals surface area (Å²) >= 11 is 0. The second kappa shape index (κ2) is 8.71. The molecular formula is C26H38O9. The predicted octanol–water partition coefficient (Wildman–Crippen LogP) is 2.87. The Morgan fingerprint density at radius 1 is 1.17 bits per heavy atom. The van der Waals surface area contributed by atoms with Gasteiger partial charge in [-0.25, -0.2) is 9.59 Å². The molecule has 9 heteroatoms. The smallest absolute Gasteiger partial charge is 0.455 e. The van der Waals surface area contributed by atoms with E-state index in [9.17, 15) is 24.6 Å². The van der Waals surface area contributed by atoms with E-state index in [1.807, 2.05) is 13.8 Å². The molecule has 3 fully saturated rings. The Labute approximate surface area is 206 Å². The number of carbonyl (C=O) groups is 3. The van der Waals surface area contributed by atoms with Gasteiger partial charge < -0.3 is 29.2 Å². The Morgan fingerprint density at radius 2 is 1.80 bits per heavy atom. The van der Waals surface area contributed by atoms with Crippen molar-refractivity contribution in [3.05, 3.63) is 25.3 Å². The zero-order chi connectivity index (χ0) is 26.6. The van der Waals surface area contributed by atoms with Crippen LogP contribution in [0.2, 0.25) is 0 Å². The molecule has 0 unspecified atom stereocenters. The topological polar surface area (TPSA) is 129 Å². The van der Waals surface area contributed by atoms with Crippen LogP contribution in [0, 0.1) is 16.7 Å². The number of hydrogen-bond donors (Lipinski definition) is 2. The lowest BCUT2D eigenvalue weighted by atomic mass is 9.39. The lowest BCUT2D eigenvalue weighted by Crippen LogP contribution is -2.87. The number of carbonyl (C=O) groups excluding carboxylic acids is 3. The molecule has 2 aliphatic carbocycles. The van der Waals surface area contributed by atoms with Gasteiger partial charge in [-0.2, -0.15) is 0 Å². The summed E-state index contributed by atoms with van der Waals surface area (Å²) in [5, 5.41) is 23.9. The lowest BCUT2D eigenvalue weighted by molar-refractivity contribution is -0.370. The van der Waals surface area contributed by atoms with Gasteiger partial charge >= 0.3 is 12.1 Å². The van der Waals surface area contributed by atoms with Crippen LogP contribution >= 0.6 is 0 Å². The summed E-state index contributed by atoms with van der Waals surface area (Å²) in [6.07, 6.45) is -1.84. The van der Waals surface area contributed by atoms with Gasteiger partial charge in [-0.1, -0.05) is 33.4 Å². The molecule has 1 saturated heterocycles. The Bertz CT molecular complexity index is 928. The largest absolute Gasteiger partial charge is 0.508 e. The average Bonchev–Trinajstić information content (AvgIpc) is 2.77. The Balaban J connectivity index is 2.37. The summed E-state index contributed by atoms with van der Waals surface area (Å²) in [6.45, 7) is 17.4. The highest BCUT2D eigenvalue weighted by molar-refractivity contribution is 5.92. The van der Waals surface area contributed by atoms with Crippen molar-refractivity contribution in [1.82, 2.24) is 0 Å². The Hall–Kier alpha value is -2.23. The number of aliphatic hydroxyl groups excluding tert-OH is 1. The van der Waals surface area contributed by atoms with Crippen molar-refractivity contribution in [2.75, 3.05) is 6.61 Å². The van der Waals surface area contributed by atoms with E-state index in [0.29, 0.717) is 12.8 Å². The van der Waals surface area contributed by atoms with Crippen molar-refractivity contribution in [3.63, 3.8) is 0 Å². The van der Waals surface area contributed by atoms with Gasteiger partial charge in [0, 0.05) is 23.8 Å². The van der Waals surface area contributed by atoms with Crippen molar-refractivity contribution < 1.29 is 43.5 Å². The van der Waals surface area contributed by atoms with E-state index in [0.717, 1.165) is 6.08 Å². The first-order valence-corrected chi connectivity index (χ1v) is 12.0. The molecule has 196 valence electrons. The number of Topliss-reactive ketones (excluding diaryl/α,β-unsaturated/α-hetero) is 1. The van der Waals surface area contributed by atoms with Crippen molar-refractivity contribution in [3.8, 4) is 0 Å². The van der Waals surface area contributed by atoms with Crippen LogP contribution in [0.1, 0.15) is 60.8 Å². The number of hydrogen-bond acceptors (Lipinski definition) is 9. The van der Waals surface area contributed by atoms with Gasteiger partial charge in [0.2, 0.25) is 0 Å². The maximum absolute atomic E-state index is 13.9.